The van der Waals surface area contributed by atoms with Crippen molar-refractivity contribution in [1.29, 1.82) is 0 Å². The van der Waals surface area contributed by atoms with Gasteiger partial charge in [0.05, 0.1) is 12.7 Å². The van der Waals surface area contributed by atoms with Crippen molar-refractivity contribution in [3.05, 3.63) is 35.4 Å². The SMILES string of the molecule is CN(C)CCCCNCC1OCCc2ccccc21. The van der Waals surface area contributed by atoms with E-state index in [1.54, 1.807) is 0 Å². The van der Waals surface area contributed by atoms with Crippen LogP contribution in [0.15, 0.2) is 24.3 Å². The Morgan fingerprint density at radius 3 is 2.95 bits per heavy atom. The van der Waals surface area contributed by atoms with Crippen molar-refractivity contribution in [1.82, 2.24) is 10.2 Å². The molecule has 2 rings (SSSR count). The predicted octanol–water partition coefficient (Wildman–Crippen LogP) is 2.23. The molecule has 1 aliphatic rings. The van der Waals surface area contributed by atoms with Crippen molar-refractivity contribution >= 4 is 0 Å². The van der Waals surface area contributed by atoms with E-state index in [1.807, 2.05) is 0 Å². The molecule has 0 radical (unpaired) electrons. The van der Waals surface area contributed by atoms with Crippen LogP contribution in [-0.2, 0) is 11.2 Å². The minimum Gasteiger partial charge on any atom is -0.372 e. The summed E-state index contributed by atoms with van der Waals surface area (Å²) in [6, 6.07) is 8.66. The molecular weight excluding hydrogens is 236 g/mol. The summed E-state index contributed by atoms with van der Waals surface area (Å²) in [6.07, 6.45) is 3.77. The summed E-state index contributed by atoms with van der Waals surface area (Å²) in [7, 11) is 4.25. The van der Waals surface area contributed by atoms with Gasteiger partial charge >= 0.3 is 0 Å². The van der Waals surface area contributed by atoms with Gasteiger partial charge in [0.15, 0.2) is 0 Å². The van der Waals surface area contributed by atoms with E-state index in [2.05, 4.69) is 48.6 Å². The van der Waals surface area contributed by atoms with Crippen molar-refractivity contribution in [2.75, 3.05) is 40.3 Å². The first-order chi connectivity index (χ1) is 9.27. The highest BCUT2D eigenvalue weighted by Gasteiger charge is 2.19. The van der Waals surface area contributed by atoms with Gasteiger partial charge in [-0.05, 0) is 57.6 Å². The van der Waals surface area contributed by atoms with E-state index >= 15 is 0 Å². The first-order valence-electron chi connectivity index (χ1n) is 7.32. The number of nitrogens with zero attached hydrogens (tertiary/aromatic N) is 1. The molecule has 3 nitrogen and oxygen atoms in total. The van der Waals surface area contributed by atoms with Crippen LogP contribution in [0.3, 0.4) is 0 Å². The molecule has 1 atom stereocenters. The van der Waals surface area contributed by atoms with Gasteiger partial charge < -0.3 is 15.0 Å². The molecule has 0 aromatic heterocycles. The Kier molecular flexibility index (Phi) is 5.83. The zero-order chi connectivity index (χ0) is 13.5. The van der Waals surface area contributed by atoms with Gasteiger partial charge in [0.1, 0.15) is 0 Å². The molecular formula is C16H26N2O. The minimum atomic E-state index is 0.235. The van der Waals surface area contributed by atoms with E-state index in [0.717, 1.165) is 26.1 Å². The van der Waals surface area contributed by atoms with E-state index in [-0.39, 0.29) is 6.10 Å². The summed E-state index contributed by atoms with van der Waals surface area (Å²) in [5.41, 5.74) is 2.82. The van der Waals surface area contributed by atoms with Gasteiger partial charge in [-0.1, -0.05) is 24.3 Å². The number of hydrogen-bond acceptors (Lipinski definition) is 3. The van der Waals surface area contributed by atoms with Crippen LogP contribution in [0.1, 0.15) is 30.1 Å². The van der Waals surface area contributed by atoms with Crippen molar-refractivity contribution in [2.24, 2.45) is 0 Å². The normalized spacial score (nSPS) is 18.6. The third-order valence-corrected chi connectivity index (χ3v) is 3.63. The highest BCUT2D eigenvalue weighted by molar-refractivity contribution is 5.31. The first kappa shape index (κ1) is 14.5. The molecule has 1 N–H and O–H groups in total. The molecule has 1 aromatic rings. The fourth-order valence-electron chi connectivity index (χ4n) is 2.56. The Labute approximate surface area is 116 Å². The summed E-state index contributed by atoms with van der Waals surface area (Å²) >= 11 is 0. The van der Waals surface area contributed by atoms with E-state index < -0.39 is 0 Å². The Morgan fingerprint density at radius 1 is 1.26 bits per heavy atom. The van der Waals surface area contributed by atoms with Crippen LogP contribution in [0.4, 0.5) is 0 Å². The Bertz CT molecular complexity index is 379. The molecule has 1 heterocycles. The number of fused-ring (bicyclic) bond motifs is 1. The average molecular weight is 262 g/mol. The highest BCUT2D eigenvalue weighted by Crippen LogP contribution is 2.26. The lowest BCUT2D eigenvalue weighted by molar-refractivity contribution is 0.0426. The maximum atomic E-state index is 5.88. The molecule has 106 valence electrons. The molecule has 0 bridgehead atoms. The Hall–Kier alpha value is -0.900. The van der Waals surface area contributed by atoms with Crippen LogP contribution in [0.25, 0.3) is 0 Å². The van der Waals surface area contributed by atoms with E-state index in [1.165, 1.54) is 30.5 Å². The van der Waals surface area contributed by atoms with Crippen LogP contribution in [-0.4, -0.2) is 45.2 Å². The molecule has 0 saturated heterocycles. The van der Waals surface area contributed by atoms with Gasteiger partial charge in [-0.2, -0.15) is 0 Å². The second-order valence-electron chi connectivity index (χ2n) is 5.52. The summed E-state index contributed by atoms with van der Waals surface area (Å²) in [6.45, 7) is 4.03. The van der Waals surface area contributed by atoms with Gasteiger partial charge in [-0.3, -0.25) is 0 Å². The second kappa shape index (κ2) is 7.63. The number of benzene rings is 1. The summed E-state index contributed by atoms with van der Waals surface area (Å²) in [5.74, 6) is 0. The van der Waals surface area contributed by atoms with Crippen molar-refractivity contribution in [3.63, 3.8) is 0 Å². The maximum Gasteiger partial charge on any atom is 0.0952 e. The molecule has 0 saturated carbocycles. The first-order valence-corrected chi connectivity index (χ1v) is 7.32. The molecule has 0 aliphatic carbocycles. The monoisotopic (exact) mass is 262 g/mol. The second-order valence-corrected chi connectivity index (χ2v) is 5.52. The standard InChI is InChI=1S/C16H26N2O/c1-18(2)11-6-5-10-17-13-16-15-8-4-3-7-14(15)9-12-19-16/h3-4,7-8,16-17H,5-6,9-13H2,1-2H3. The zero-order valence-corrected chi connectivity index (χ0v) is 12.2. The molecule has 1 unspecified atom stereocenters. The van der Waals surface area contributed by atoms with Crippen molar-refractivity contribution < 1.29 is 4.74 Å². The van der Waals surface area contributed by atoms with E-state index in [0.29, 0.717) is 0 Å². The number of ether oxygens (including phenoxy) is 1. The largest absolute Gasteiger partial charge is 0.372 e. The van der Waals surface area contributed by atoms with Gasteiger partial charge in [-0.25, -0.2) is 0 Å². The lowest BCUT2D eigenvalue weighted by atomic mass is 9.97. The molecule has 3 heteroatoms. The average Bonchev–Trinajstić information content (AvgIpc) is 2.42. The van der Waals surface area contributed by atoms with Gasteiger partial charge in [0.25, 0.3) is 0 Å². The van der Waals surface area contributed by atoms with Crippen LogP contribution < -0.4 is 5.32 Å². The van der Waals surface area contributed by atoms with Gasteiger partial charge in [0, 0.05) is 6.54 Å². The quantitative estimate of drug-likeness (QED) is 0.763. The molecule has 1 aromatic carbocycles. The minimum absolute atomic E-state index is 0.235. The highest BCUT2D eigenvalue weighted by atomic mass is 16.5. The van der Waals surface area contributed by atoms with E-state index in [9.17, 15) is 0 Å². The van der Waals surface area contributed by atoms with E-state index in [4.69, 9.17) is 4.74 Å². The fraction of sp³-hybridized carbons (Fsp3) is 0.625. The molecule has 19 heavy (non-hydrogen) atoms. The lowest BCUT2D eigenvalue weighted by Crippen LogP contribution is -2.28. The van der Waals surface area contributed by atoms with Crippen molar-refractivity contribution in [2.45, 2.75) is 25.4 Å². The van der Waals surface area contributed by atoms with Crippen LogP contribution in [0, 0.1) is 0 Å². The fourth-order valence-corrected chi connectivity index (χ4v) is 2.56. The number of rotatable bonds is 7. The summed E-state index contributed by atoms with van der Waals surface area (Å²) in [5, 5.41) is 3.53. The molecule has 1 aliphatic heterocycles. The topological polar surface area (TPSA) is 24.5 Å². The number of nitrogens with one attached hydrogen (secondary N) is 1. The summed E-state index contributed by atoms with van der Waals surface area (Å²) in [4.78, 5) is 2.24. The number of unbranched alkanes of at least 4 members (excludes halogenated alkanes) is 1. The van der Waals surface area contributed by atoms with Crippen LogP contribution >= 0.6 is 0 Å². The zero-order valence-electron chi connectivity index (χ0n) is 12.2. The third-order valence-electron chi connectivity index (χ3n) is 3.63. The van der Waals surface area contributed by atoms with Gasteiger partial charge in [-0.15, -0.1) is 0 Å². The molecule has 0 amide bonds. The Morgan fingerprint density at radius 2 is 2.11 bits per heavy atom. The number of hydrogen-bond donors (Lipinski definition) is 1. The molecule has 0 fully saturated rings. The van der Waals surface area contributed by atoms with Gasteiger partial charge in [0.2, 0.25) is 0 Å². The maximum absolute atomic E-state index is 5.88. The molecule has 0 spiro atoms. The van der Waals surface area contributed by atoms with Crippen LogP contribution in [0.2, 0.25) is 0 Å². The lowest BCUT2D eigenvalue weighted by Gasteiger charge is -2.26. The smallest absolute Gasteiger partial charge is 0.0952 e. The predicted molar refractivity (Wildman–Crippen MR) is 79.5 cm³/mol. The van der Waals surface area contributed by atoms with Crippen molar-refractivity contribution in [3.8, 4) is 0 Å². The Balaban J connectivity index is 1.70. The third kappa shape index (κ3) is 4.60. The van der Waals surface area contributed by atoms with Crippen LogP contribution in [0.5, 0.6) is 0 Å². The summed E-state index contributed by atoms with van der Waals surface area (Å²) < 4.78 is 5.88.